The highest BCUT2D eigenvalue weighted by Gasteiger charge is 2.19. The lowest BCUT2D eigenvalue weighted by molar-refractivity contribution is -0.167. The molecule has 74 heavy (non-hydrogen) atoms. The average Bonchev–Trinajstić information content (AvgIpc) is 3.40. The third-order valence-electron chi connectivity index (χ3n) is 13.0. The van der Waals surface area contributed by atoms with Crippen molar-refractivity contribution < 1.29 is 28.6 Å². The fraction of sp³-hybridized carbons (Fsp3) is 0.691. The van der Waals surface area contributed by atoms with Gasteiger partial charge in [0.05, 0.1) is 0 Å². The maximum absolute atomic E-state index is 12.9. The third-order valence-corrected chi connectivity index (χ3v) is 13.0. The normalized spacial score (nSPS) is 12.9. The Kier molecular flexibility index (Phi) is 58.3. The van der Waals surface area contributed by atoms with Gasteiger partial charge in [0.2, 0.25) is 0 Å². The lowest BCUT2D eigenvalue weighted by atomic mass is 10.1. The van der Waals surface area contributed by atoms with E-state index in [1.54, 1.807) is 0 Å². The molecule has 0 aromatic carbocycles. The topological polar surface area (TPSA) is 78.9 Å². The summed E-state index contributed by atoms with van der Waals surface area (Å²) < 4.78 is 16.9. The zero-order chi connectivity index (χ0) is 53.6. The van der Waals surface area contributed by atoms with Gasteiger partial charge < -0.3 is 14.2 Å². The van der Waals surface area contributed by atoms with E-state index in [2.05, 4.69) is 130 Å². The average molecular weight is 1030 g/mol. The summed E-state index contributed by atoms with van der Waals surface area (Å²) in [5.41, 5.74) is 0. The molecule has 0 spiro atoms. The van der Waals surface area contributed by atoms with E-state index in [1.807, 2.05) is 0 Å². The molecule has 0 aromatic rings. The van der Waals surface area contributed by atoms with E-state index in [0.717, 1.165) is 128 Å². The van der Waals surface area contributed by atoms with Gasteiger partial charge in [0, 0.05) is 19.3 Å². The number of carbonyl (C=O) groups is 3. The molecule has 422 valence electrons. The van der Waals surface area contributed by atoms with Crippen molar-refractivity contribution in [2.75, 3.05) is 13.2 Å². The van der Waals surface area contributed by atoms with Crippen molar-refractivity contribution in [3.05, 3.63) is 109 Å². The summed E-state index contributed by atoms with van der Waals surface area (Å²) in [6.07, 6.45) is 83.8. The second kappa shape index (κ2) is 61.6. The number of rotatable bonds is 55. The van der Waals surface area contributed by atoms with Crippen LogP contribution >= 0.6 is 0 Å². The molecule has 0 aliphatic rings. The van der Waals surface area contributed by atoms with Crippen LogP contribution in [-0.2, 0) is 28.6 Å². The number of hydrogen-bond donors (Lipinski definition) is 0. The third kappa shape index (κ3) is 59.0. The smallest absolute Gasteiger partial charge is 0.306 e. The van der Waals surface area contributed by atoms with Gasteiger partial charge >= 0.3 is 17.9 Å². The fourth-order valence-electron chi connectivity index (χ4n) is 8.36. The van der Waals surface area contributed by atoms with E-state index in [4.69, 9.17) is 14.2 Å². The van der Waals surface area contributed by atoms with Gasteiger partial charge in [0.25, 0.3) is 0 Å². The second-order valence-electron chi connectivity index (χ2n) is 20.2. The van der Waals surface area contributed by atoms with E-state index < -0.39 is 6.10 Å². The summed E-state index contributed by atoms with van der Waals surface area (Å²) in [5.74, 6) is -0.906. The molecule has 1 atom stereocenters. The highest BCUT2D eigenvalue weighted by molar-refractivity contribution is 5.71. The SMILES string of the molecule is CC/C=C\C/C=C\C/C=C\C/C=C\C/C=C\C/C=C\CCCCCCCCCCC(=O)OCC(COC(=O)CCCCCCC/C=C\CCC)OC(=O)CCCCCCCCCCC/C=C\C/C=C\CCCCC. The van der Waals surface area contributed by atoms with Gasteiger partial charge in [-0.1, -0.05) is 252 Å². The number of ether oxygens (including phenoxy) is 3. The van der Waals surface area contributed by atoms with Crippen LogP contribution in [0.4, 0.5) is 0 Å². The summed E-state index contributed by atoms with van der Waals surface area (Å²) in [7, 11) is 0. The second-order valence-corrected chi connectivity index (χ2v) is 20.2. The molecule has 0 aromatic heterocycles. The molecule has 1 unspecified atom stereocenters. The van der Waals surface area contributed by atoms with E-state index in [9.17, 15) is 14.4 Å². The van der Waals surface area contributed by atoms with Crippen molar-refractivity contribution in [1.29, 1.82) is 0 Å². The standard InChI is InChI=1S/C68H114O6/c1-4-7-10-13-16-19-22-24-26-28-30-31-32-33-34-35-36-37-39-40-42-44-46-49-52-55-58-61-67(70)73-64-65(63-72-66(69)60-57-54-51-48-21-18-15-12-9-6-3)74-68(71)62-59-56-53-50-47-45-43-41-38-29-27-25-23-20-17-14-11-8-5-2/h7,10,12,15-17,19-20,24-27,30-31,33-34,36-37,65H,4-6,8-9,11,13-14,18,21-23,28-29,32,35,38-64H2,1-3H3/b10-7-,15-12-,19-16-,20-17-,26-24-,27-25-,31-30-,34-33-,37-36-. The minimum Gasteiger partial charge on any atom is -0.462 e. The Balaban J connectivity index is 4.29. The van der Waals surface area contributed by atoms with Gasteiger partial charge in [-0.15, -0.1) is 0 Å². The van der Waals surface area contributed by atoms with Crippen molar-refractivity contribution >= 4 is 17.9 Å². The Morgan fingerprint density at radius 3 is 0.892 bits per heavy atom. The molecule has 6 nitrogen and oxygen atoms in total. The lowest BCUT2D eigenvalue weighted by Gasteiger charge is -2.18. The van der Waals surface area contributed by atoms with Crippen LogP contribution in [0.25, 0.3) is 0 Å². The van der Waals surface area contributed by atoms with Gasteiger partial charge in [-0.05, 0) is 122 Å². The maximum Gasteiger partial charge on any atom is 0.306 e. The van der Waals surface area contributed by atoms with Crippen molar-refractivity contribution in [2.24, 2.45) is 0 Å². The quantitative estimate of drug-likeness (QED) is 0.0261. The molecular formula is C68H114O6. The van der Waals surface area contributed by atoms with Crippen LogP contribution < -0.4 is 0 Å². The minimum atomic E-state index is -0.789. The predicted octanol–water partition coefficient (Wildman–Crippen LogP) is 21.0. The summed E-state index contributed by atoms with van der Waals surface area (Å²) >= 11 is 0. The highest BCUT2D eigenvalue weighted by atomic mass is 16.6. The lowest BCUT2D eigenvalue weighted by Crippen LogP contribution is -2.30. The Morgan fingerprint density at radius 2 is 0.554 bits per heavy atom. The summed E-state index contributed by atoms with van der Waals surface area (Å²) in [6, 6.07) is 0. The first kappa shape index (κ1) is 70.1. The largest absolute Gasteiger partial charge is 0.462 e. The Hall–Kier alpha value is -3.93. The van der Waals surface area contributed by atoms with Crippen LogP contribution in [0.3, 0.4) is 0 Å². The van der Waals surface area contributed by atoms with E-state index in [0.29, 0.717) is 19.3 Å². The van der Waals surface area contributed by atoms with E-state index in [1.165, 1.54) is 116 Å². The molecule has 0 N–H and O–H groups in total. The number of hydrogen-bond acceptors (Lipinski definition) is 6. The summed E-state index contributed by atoms with van der Waals surface area (Å²) in [4.78, 5) is 38.2. The molecule has 0 saturated heterocycles. The number of carbonyl (C=O) groups excluding carboxylic acids is 3. The monoisotopic (exact) mass is 1030 g/mol. The number of allylic oxidation sites excluding steroid dienone is 18. The van der Waals surface area contributed by atoms with Crippen molar-refractivity contribution in [3.8, 4) is 0 Å². The molecule has 6 heteroatoms. The van der Waals surface area contributed by atoms with Crippen molar-refractivity contribution in [1.82, 2.24) is 0 Å². The van der Waals surface area contributed by atoms with Crippen LogP contribution in [0, 0.1) is 0 Å². The first-order chi connectivity index (χ1) is 36.5. The first-order valence-corrected chi connectivity index (χ1v) is 30.9. The highest BCUT2D eigenvalue weighted by Crippen LogP contribution is 2.15. The van der Waals surface area contributed by atoms with E-state index >= 15 is 0 Å². The number of esters is 3. The molecule has 0 aliphatic carbocycles. The fourth-order valence-corrected chi connectivity index (χ4v) is 8.36. The maximum atomic E-state index is 12.9. The van der Waals surface area contributed by atoms with Gasteiger partial charge in [0.1, 0.15) is 13.2 Å². The number of unbranched alkanes of at least 4 members (excludes halogenated alkanes) is 26. The zero-order valence-corrected chi connectivity index (χ0v) is 48.3. The molecule has 0 aliphatic heterocycles. The van der Waals surface area contributed by atoms with E-state index in [-0.39, 0.29) is 31.1 Å². The first-order valence-electron chi connectivity index (χ1n) is 30.9. The van der Waals surface area contributed by atoms with Crippen LogP contribution in [0.15, 0.2) is 109 Å². The Labute approximate surface area is 457 Å². The molecule has 0 heterocycles. The van der Waals surface area contributed by atoms with Crippen LogP contribution in [-0.4, -0.2) is 37.2 Å². The van der Waals surface area contributed by atoms with Crippen LogP contribution in [0.5, 0.6) is 0 Å². The van der Waals surface area contributed by atoms with Gasteiger partial charge in [0.15, 0.2) is 6.10 Å². The molecule has 0 amide bonds. The molecule has 0 bridgehead atoms. The van der Waals surface area contributed by atoms with Crippen LogP contribution in [0.2, 0.25) is 0 Å². The van der Waals surface area contributed by atoms with Crippen molar-refractivity contribution in [3.63, 3.8) is 0 Å². The van der Waals surface area contributed by atoms with Gasteiger partial charge in [-0.25, -0.2) is 0 Å². The van der Waals surface area contributed by atoms with Gasteiger partial charge in [-0.2, -0.15) is 0 Å². The predicted molar refractivity (Wildman–Crippen MR) is 320 cm³/mol. The van der Waals surface area contributed by atoms with Crippen LogP contribution in [0.1, 0.15) is 284 Å². The molecule has 0 radical (unpaired) electrons. The molecule has 0 saturated carbocycles. The molecule has 0 rings (SSSR count). The summed E-state index contributed by atoms with van der Waals surface area (Å²) in [5, 5.41) is 0. The Morgan fingerprint density at radius 1 is 0.284 bits per heavy atom. The Bertz CT molecular complexity index is 1510. The van der Waals surface area contributed by atoms with Crippen molar-refractivity contribution in [2.45, 2.75) is 290 Å². The minimum absolute atomic E-state index is 0.0871. The zero-order valence-electron chi connectivity index (χ0n) is 48.3. The summed E-state index contributed by atoms with van der Waals surface area (Å²) in [6.45, 7) is 6.43. The molecular weight excluding hydrogens is 913 g/mol. The van der Waals surface area contributed by atoms with Gasteiger partial charge in [-0.3, -0.25) is 14.4 Å². The molecule has 0 fully saturated rings.